The van der Waals surface area contributed by atoms with Crippen molar-refractivity contribution in [2.45, 2.75) is 13.3 Å². The molecule has 0 amide bonds. The first kappa shape index (κ1) is 13.3. The van der Waals surface area contributed by atoms with Crippen LogP contribution in [-0.4, -0.2) is 6.61 Å². The second kappa shape index (κ2) is 5.65. The molecule has 3 nitrogen and oxygen atoms in total. The highest BCUT2D eigenvalue weighted by molar-refractivity contribution is 5.83. The SMILES string of the molecule is CCc1cc2ccc(OC/C=C/F)c(F)c2c(=O)o1. The summed E-state index contributed by atoms with van der Waals surface area (Å²) < 4.78 is 35.9. The number of rotatable bonds is 4. The van der Waals surface area contributed by atoms with E-state index in [0.717, 1.165) is 6.08 Å². The van der Waals surface area contributed by atoms with E-state index in [2.05, 4.69) is 0 Å². The summed E-state index contributed by atoms with van der Waals surface area (Å²) in [5, 5.41) is 0.304. The van der Waals surface area contributed by atoms with E-state index in [-0.39, 0.29) is 17.7 Å². The van der Waals surface area contributed by atoms with E-state index in [1.807, 2.05) is 6.92 Å². The van der Waals surface area contributed by atoms with Gasteiger partial charge in [-0.05, 0) is 23.6 Å². The van der Waals surface area contributed by atoms with E-state index in [1.54, 1.807) is 12.1 Å². The van der Waals surface area contributed by atoms with Crippen molar-refractivity contribution in [3.8, 4) is 5.75 Å². The summed E-state index contributed by atoms with van der Waals surface area (Å²) in [6.07, 6.45) is 1.94. The summed E-state index contributed by atoms with van der Waals surface area (Å²) in [5.41, 5.74) is -0.738. The minimum absolute atomic E-state index is 0.109. The van der Waals surface area contributed by atoms with Crippen LogP contribution in [0.5, 0.6) is 5.75 Å². The fourth-order valence-corrected chi connectivity index (χ4v) is 1.73. The van der Waals surface area contributed by atoms with E-state index in [1.165, 1.54) is 6.07 Å². The number of hydrogen-bond donors (Lipinski definition) is 0. The Balaban J connectivity index is 2.52. The molecule has 5 heteroatoms. The van der Waals surface area contributed by atoms with Crippen LogP contribution in [0.4, 0.5) is 8.78 Å². The van der Waals surface area contributed by atoms with Crippen LogP contribution in [0.1, 0.15) is 12.7 Å². The molecule has 0 aliphatic rings. The van der Waals surface area contributed by atoms with Gasteiger partial charge in [0.25, 0.3) is 0 Å². The number of ether oxygens (including phenoxy) is 1. The second-order valence-electron chi connectivity index (χ2n) is 3.87. The van der Waals surface area contributed by atoms with Gasteiger partial charge in [0.05, 0.1) is 6.33 Å². The molecule has 0 aliphatic carbocycles. The van der Waals surface area contributed by atoms with Gasteiger partial charge in [0.2, 0.25) is 0 Å². The average Bonchev–Trinajstić information content (AvgIpc) is 2.41. The lowest BCUT2D eigenvalue weighted by atomic mass is 10.1. The minimum atomic E-state index is -0.791. The van der Waals surface area contributed by atoms with Crippen molar-refractivity contribution in [3.05, 3.63) is 52.6 Å². The van der Waals surface area contributed by atoms with Crippen LogP contribution in [0.2, 0.25) is 0 Å². The topological polar surface area (TPSA) is 39.4 Å². The normalized spacial score (nSPS) is 11.3. The molecule has 0 saturated heterocycles. The zero-order valence-corrected chi connectivity index (χ0v) is 10.3. The van der Waals surface area contributed by atoms with Crippen molar-refractivity contribution in [2.24, 2.45) is 0 Å². The fourth-order valence-electron chi connectivity index (χ4n) is 1.73. The molecule has 0 fully saturated rings. The smallest absolute Gasteiger partial charge is 0.346 e. The molecule has 0 bridgehead atoms. The van der Waals surface area contributed by atoms with E-state index in [4.69, 9.17) is 9.15 Å². The standard InChI is InChI=1S/C14H12F2O3/c1-2-10-8-9-4-5-11(18-7-3-6-15)13(16)12(9)14(17)19-10/h3-6,8H,2,7H2,1H3/b6-3+. The van der Waals surface area contributed by atoms with Crippen LogP contribution in [0.25, 0.3) is 10.8 Å². The van der Waals surface area contributed by atoms with E-state index < -0.39 is 11.4 Å². The summed E-state index contributed by atoms with van der Waals surface area (Å²) in [6.45, 7) is 1.72. The van der Waals surface area contributed by atoms with Crippen LogP contribution < -0.4 is 10.4 Å². The van der Waals surface area contributed by atoms with Gasteiger partial charge >= 0.3 is 5.63 Å². The van der Waals surface area contributed by atoms with Crippen molar-refractivity contribution in [1.82, 2.24) is 0 Å². The highest BCUT2D eigenvalue weighted by atomic mass is 19.1. The lowest BCUT2D eigenvalue weighted by Gasteiger charge is -2.07. The van der Waals surface area contributed by atoms with E-state index in [0.29, 0.717) is 23.9 Å². The fraction of sp³-hybridized carbons (Fsp3) is 0.214. The Morgan fingerprint density at radius 2 is 2.21 bits per heavy atom. The Bertz CT molecular complexity index is 674. The number of aryl methyl sites for hydroxylation is 1. The van der Waals surface area contributed by atoms with Gasteiger partial charge in [-0.15, -0.1) is 0 Å². The zero-order valence-electron chi connectivity index (χ0n) is 10.3. The first-order chi connectivity index (χ1) is 9.17. The van der Waals surface area contributed by atoms with Crippen LogP contribution in [0.3, 0.4) is 0 Å². The molecule has 0 aliphatic heterocycles. The molecule has 0 unspecified atom stereocenters. The molecular weight excluding hydrogens is 254 g/mol. The van der Waals surface area contributed by atoms with Crippen molar-refractivity contribution in [3.63, 3.8) is 0 Å². The maximum Gasteiger partial charge on any atom is 0.346 e. The zero-order chi connectivity index (χ0) is 13.8. The molecule has 0 spiro atoms. The van der Waals surface area contributed by atoms with Gasteiger partial charge in [0.1, 0.15) is 17.8 Å². The van der Waals surface area contributed by atoms with Crippen LogP contribution >= 0.6 is 0 Å². The predicted octanol–water partition coefficient (Wildman–Crippen LogP) is 3.36. The Hall–Kier alpha value is -2.17. The summed E-state index contributed by atoms with van der Waals surface area (Å²) >= 11 is 0. The number of halogens is 2. The Morgan fingerprint density at radius 1 is 1.42 bits per heavy atom. The largest absolute Gasteiger partial charge is 0.486 e. The van der Waals surface area contributed by atoms with Crippen molar-refractivity contribution in [2.75, 3.05) is 6.61 Å². The maximum absolute atomic E-state index is 14.1. The Kier molecular flexibility index (Phi) is 3.94. The molecule has 2 aromatic rings. The molecule has 2 rings (SSSR count). The molecular formula is C14H12F2O3. The highest BCUT2D eigenvalue weighted by Gasteiger charge is 2.13. The summed E-state index contributed by atoms with van der Waals surface area (Å²) in [6, 6.07) is 4.59. The van der Waals surface area contributed by atoms with Gasteiger partial charge in [0.15, 0.2) is 11.6 Å². The Labute approximate surface area is 108 Å². The van der Waals surface area contributed by atoms with Crippen molar-refractivity contribution < 1.29 is 17.9 Å². The van der Waals surface area contributed by atoms with Crippen molar-refractivity contribution >= 4 is 10.8 Å². The number of hydrogen-bond acceptors (Lipinski definition) is 3. The molecule has 0 N–H and O–H groups in total. The first-order valence-electron chi connectivity index (χ1n) is 5.80. The molecule has 100 valence electrons. The third kappa shape index (κ3) is 2.65. The maximum atomic E-state index is 14.1. The van der Waals surface area contributed by atoms with Gasteiger partial charge in [-0.25, -0.2) is 13.6 Å². The van der Waals surface area contributed by atoms with Gasteiger partial charge in [-0.1, -0.05) is 13.0 Å². The van der Waals surface area contributed by atoms with Gasteiger partial charge in [0, 0.05) is 6.42 Å². The third-order valence-electron chi connectivity index (χ3n) is 2.66. The highest BCUT2D eigenvalue weighted by Crippen LogP contribution is 2.25. The Morgan fingerprint density at radius 3 is 2.89 bits per heavy atom. The number of benzene rings is 1. The van der Waals surface area contributed by atoms with Crippen molar-refractivity contribution in [1.29, 1.82) is 0 Å². The molecule has 19 heavy (non-hydrogen) atoms. The monoisotopic (exact) mass is 266 g/mol. The molecule has 0 atom stereocenters. The molecule has 0 saturated carbocycles. The molecule has 1 aromatic heterocycles. The quantitative estimate of drug-likeness (QED) is 0.851. The van der Waals surface area contributed by atoms with Crippen LogP contribution in [0, 0.1) is 5.82 Å². The summed E-state index contributed by atoms with van der Waals surface area (Å²) in [7, 11) is 0. The predicted molar refractivity (Wildman–Crippen MR) is 67.6 cm³/mol. The van der Waals surface area contributed by atoms with E-state index >= 15 is 0 Å². The first-order valence-corrected chi connectivity index (χ1v) is 5.80. The lowest BCUT2D eigenvalue weighted by Crippen LogP contribution is -2.06. The molecule has 1 aromatic carbocycles. The van der Waals surface area contributed by atoms with Gasteiger partial charge in [-0.2, -0.15) is 0 Å². The van der Waals surface area contributed by atoms with E-state index in [9.17, 15) is 13.6 Å². The average molecular weight is 266 g/mol. The summed E-state index contributed by atoms with van der Waals surface area (Å²) in [4.78, 5) is 11.7. The minimum Gasteiger partial charge on any atom is -0.486 e. The third-order valence-corrected chi connectivity index (χ3v) is 2.66. The second-order valence-corrected chi connectivity index (χ2v) is 3.87. The molecule has 1 heterocycles. The lowest BCUT2D eigenvalue weighted by molar-refractivity contribution is 0.341. The van der Waals surface area contributed by atoms with Gasteiger partial charge in [-0.3, -0.25) is 0 Å². The van der Waals surface area contributed by atoms with Crippen LogP contribution in [-0.2, 0) is 6.42 Å². The number of fused-ring (bicyclic) bond motifs is 1. The van der Waals surface area contributed by atoms with Gasteiger partial charge < -0.3 is 9.15 Å². The van der Waals surface area contributed by atoms with Crippen LogP contribution in [0.15, 0.2) is 39.8 Å². The molecule has 0 radical (unpaired) electrons. The summed E-state index contributed by atoms with van der Waals surface area (Å²) in [5.74, 6) is -0.408.